The van der Waals surface area contributed by atoms with Gasteiger partial charge in [0.25, 0.3) is 5.91 Å². The molecule has 1 N–H and O–H groups in total. The Bertz CT molecular complexity index is 700. The maximum absolute atomic E-state index is 12.2. The molecule has 144 valence electrons. The molecule has 0 unspecified atom stereocenters. The van der Waals surface area contributed by atoms with Crippen LogP contribution in [0.4, 0.5) is 0 Å². The van der Waals surface area contributed by atoms with Gasteiger partial charge in [-0.15, -0.1) is 0 Å². The van der Waals surface area contributed by atoms with Crippen LogP contribution in [0.5, 0.6) is 0 Å². The quantitative estimate of drug-likeness (QED) is 0.722. The minimum absolute atomic E-state index is 0.0215. The molecule has 0 aliphatic carbocycles. The van der Waals surface area contributed by atoms with Gasteiger partial charge in [-0.25, -0.2) is 0 Å². The van der Waals surface area contributed by atoms with E-state index in [9.17, 15) is 4.79 Å². The minimum atomic E-state index is 0.0215. The summed E-state index contributed by atoms with van der Waals surface area (Å²) in [7, 11) is 0. The lowest BCUT2D eigenvalue weighted by Crippen LogP contribution is -2.39. The molecule has 0 aromatic heterocycles. The SMILES string of the molecule is CCc1ccc(C(=O)NCCCCN2CCO[C@H](c3ccccc3)C2)cc1. The lowest BCUT2D eigenvalue weighted by molar-refractivity contribution is -0.0303. The fraction of sp³-hybridized carbons (Fsp3) is 0.435. The minimum Gasteiger partial charge on any atom is -0.371 e. The van der Waals surface area contributed by atoms with Crippen molar-refractivity contribution in [1.29, 1.82) is 0 Å². The summed E-state index contributed by atoms with van der Waals surface area (Å²) < 4.78 is 5.92. The summed E-state index contributed by atoms with van der Waals surface area (Å²) in [4.78, 5) is 14.6. The van der Waals surface area contributed by atoms with Gasteiger partial charge in [0, 0.05) is 25.2 Å². The number of carbonyl (C=O) groups excluding carboxylic acids is 1. The third-order valence-corrected chi connectivity index (χ3v) is 5.13. The highest BCUT2D eigenvalue weighted by Gasteiger charge is 2.21. The molecule has 1 saturated heterocycles. The number of nitrogens with one attached hydrogen (secondary N) is 1. The van der Waals surface area contributed by atoms with Gasteiger partial charge in [0.15, 0.2) is 0 Å². The molecule has 27 heavy (non-hydrogen) atoms. The van der Waals surface area contributed by atoms with Crippen molar-refractivity contribution >= 4 is 5.91 Å². The first-order valence-corrected chi connectivity index (χ1v) is 10.0. The zero-order chi connectivity index (χ0) is 18.9. The maximum Gasteiger partial charge on any atom is 0.251 e. The monoisotopic (exact) mass is 366 g/mol. The van der Waals surface area contributed by atoms with E-state index in [4.69, 9.17) is 4.74 Å². The summed E-state index contributed by atoms with van der Waals surface area (Å²) >= 11 is 0. The lowest BCUT2D eigenvalue weighted by atomic mass is 10.1. The van der Waals surface area contributed by atoms with Crippen LogP contribution in [0, 0.1) is 0 Å². The van der Waals surface area contributed by atoms with Gasteiger partial charge in [0.1, 0.15) is 0 Å². The van der Waals surface area contributed by atoms with Crippen LogP contribution in [0.1, 0.15) is 47.4 Å². The number of carbonyl (C=O) groups is 1. The largest absolute Gasteiger partial charge is 0.371 e. The third-order valence-electron chi connectivity index (χ3n) is 5.13. The number of ether oxygens (including phenoxy) is 1. The van der Waals surface area contributed by atoms with Crippen molar-refractivity contribution in [2.24, 2.45) is 0 Å². The Morgan fingerprint density at radius 3 is 2.63 bits per heavy atom. The summed E-state index contributed by atoms with van der Waals surface area (Å²) in [6.07, 6.45) is 3.24. The lowest BCUT2D eigenvalue weighted by Gasteiger charge is -2.33. The van der Waals surface area contributed by atoms with Crippen LogP contribution < -0.4 is 5.32 Å². The molecular formula is C23H30N2O2. The van der Waals surface area contributed by atoms with Gasteiger partial charge in [-0.05, 0) is 49.1 Å². The van der Waals surface area contributed by atoms with Crippen molar-refractivity contribution in [3.05, 3.63) is 71.3 Å². The van der Waals surface area contributed by atoms with Crippen molar-refractivity contribution in [2.75, 3.05) is 32.8 Å². The molecule has 0 radical (unpaired) electrons. The van der Waals surface area contributed by atoms with Crippen LogP contribution in [0.25, 0.3) is 0 Å². The average molecular weight is 367 g/mol. The Hall–Kier alpha value is -2.17. The fourth-order valence-corrected chi connectivity index (χ4v) is 3.43. The summed E-state index contributed by atoms with van der Waals surface area (Å²) in [5, 5.41) is 3.03. The van der Waals surface area contributed by atoms with E-state index in [0.29, 0.717) is 0 Å². The Labute approximate surface area is 162 Å². The first-order valence-electron chi connectivity index (χ1n) is 10.0. The smallest absolute Gasteiger partial charge is 0.251 e. The van der Waals surface area contributed by atoms with E-state index in [1.54, 1.807) is 0 Å². The summed E-state index contributed by atoms with van der Waals surface area (Å²) in [6.45, 7) is 6.60. The number of hydrogen-bond donors (Lipinski definition) is 1. The molecule has 1 aliphatic rings. The van der Waals surface area contributed by atoms with Gasteiger partial charge in [0.05, 0.1) is 12.7 Å². The van der Waals surface area contributed by atoms with Gasteiger partial charge >= 0.3 is 0 Å². The molecule has 0 bridgehead atoms. The van der Waals surface area contributed by atoms with Crippen molar-refractivity contribution in [3.63, 3.8) is 0 Å². The normalized spacial score (nSPS) is 17.6. The van der Waals surface area contributed by atoms with Gasteiger partial charge in [-0.3, -0.25) is 9.69 Å². The van der Waals surface area contributed by atoms with E-state index in [-0.39, 0.29) is 12.0 Å². The molecule has 0 spiro atoms. The number of unbranched alkanes of at least 4 members (excludes halogenated alkanes) is 1. The second-order valence-corrected chi connectivity index (χ2v) is 7.08. The highest BCUT2D eigenvalue weighted by molar-refractivity contribution is 5.94. The van der Waals surface area contributed by atoms with Crippen LogP contribution in [0.2, 0.25) is 0 Å². The molecule has 3 rings (SSSR count). The molecule has 4 nitrogen and oxygen atoms in total. The van der Waals surface area contributed by atoms with Crippen molar-refractivity contribution in [2.45, 2.75) is 32.3 Å². The van der Waals surface area contributed by atoms with Crippen molar-refractivity contribution < 1.29 is 9.53 Å². The summed E-state index contributed by atoms with van der Waals surface area (Å²) in [6, 6.07) is 18.3. The predicted octanol–water partition coefficient (Wildman–Crippen LogP) is 3.83. The Kier molecular flexibility index (Phi) is 7.43. The molecule has 1 amide bonds. The second-order valence-electron chi connectivity index (χ2n) is 7.08. The number of benzene rings is 2. The summed E-state index contributed by atoms with van der Waals surface area (Å²) in [5.41, 5.74) is 3.25. The number of aryl methyl sites for hydroxylation is 1. The van der Waals surface area contributed by atoms with Crippen LogP contribution in [0.15, 0.2) is 54.6 Å². The Morgan fingerprint density at radius 2 is 1.89 bits per heavy atom. The van der Waals surface area contributed by atoms with E-state index < -0.39 is 0 Å². The van der Waals surface area contributed by atoms with E-state index in [0.717, 1.165) is 57.6 Å². The molecule has 1 fully saturated rings. The molecule has 1 atom stereocenters. The van der Waals surface area contributed by atoms with E-state index >= 15 is 0 Å². The number of hydrogen-bond acceptors (Lipinski definition) is 3. The fourth-order valence-electron chi connectivity index (χ4n) is 3.43. The van der Waals surface area contributed by atoms with E-state index in [1.165, 1.54) is 11.1 Å². The van der Waals surface area contributed by atoms with Gasteiger partial charge in [-0.2, -0.15) is 0 Å². The van der Waals surface area contributed by atoms with Crippen molar-refractivity contribution in [1.82, 2.24) is 10.2 Å². The number of morpholine rings is 1. The first kappa shape index (κ1) is 19.6. The Balaban J connectivity index is 1.34. The molecule has 0 saturated carbocycles. The van der Waals surface area contributed by atoms with Crippen LogP contribution in [-0.4, -0.2) is 43.6 Å². The Morgan fingerprint density at radius 1 is 1.11 bits per heavy atom. The average Bonchev–Trinajstić information content (AvgIpc) is 2.74. The standard InChI is InChI=1S/C23H30N2O2/c1-2-19-10-12-21(13-11-19)23(26)24-14-6-7-15-25-16-17-27-22(18-25)20-8-4-3-5-9-20/h3-5,8-13,22H,2,6-7,14-18H2,1H3,(H,24,26)/t22-/m0/s1. The molecule has 1 aliphatic heterocycles. The van der Waals surface area contributed by atoms with Crippen LogP contribution >= 0.6 is 0 Å². The number of amides is 1. The van der Waals surface area contributed by atoms with Crippen molar-refractivity contribution in [3.8, 4) is 0 Å². The van der Waals surface area contributed by atoms with Gasteiger partial charge in [0.2, 0.25) is 0 Å². The highest BCUT2D eigenvalue weighted by atomic mass is 16.5. The summed E-state index contributed by atoms with van der Waals surface area (Å²) in [5.74, 6) is 0.0215. The van der Waals surface area contributed by atoms with Gasteiger partial charge < -0.3 is 10.1 Å². The predicted molar refractivity (Wildman–Crippen MR) is 109 cm³/mol. The van der Waals surface area contributed by atoms with E-state index in [2.05, 4.69) is 41.4 Å². The third kappa shape index (κ3) is 5.91. The molecular weight excluding hydrogens is 336 g/mol. The zero-order valence-electron chi connectivity index (χ0n) is 16.2. The first-order chi connectivity index (χ1) is 13.3. The molecule has 1 heterocycles. The topological polar surface area (TPSA) is 41.6 Å². The number of rotatable bonds is 8. The van der Waals surface area contributed by atoms with Crippen LogP contribution in [0.3, 0.4) is 0 Å². The maximum atomic E-state index is 12.2. The zero-order valence-corrected chi connectivity index (χ0v) is 16.2. The molecule has 2 aromatic rings. The molecule has 2 aromatic carbocycles. The second kappa shape index (κ2) is 10.2. The van der Waals surface area contributed by atoms with Crippen LogP contribution in [-0.2, 0) is 11.2 Å². The molecule has 4 heteroatoms. The van der Waals surface area contributed by atoms with Gasteiger partial charge in [-0.1, -0.05) is 49.4 Å². The number of nitrogens with zero attached hydrogens (tertiary/aromatic N) is 1. The highest BCUT2D eigenvalue weighted by Crippen LogP contribution is 2.21. The van der Waals surface area contributed by atoms with E-state index in [1.807, 2.05) is 30.3 Å².